The molecule has 29 heavy (non-hydrogen) atoms. The minimum atomic E-state index is -3.36. The Kier molecular flexibility index (Phi) is 4.70. The zero-order valence-corrected chi connectivity index (χ0v) is 17.2. The number of amides is 1. The van der Waals surface area contributed by atoms with Crippen LogP contribution in [-0.4, -0.2) is 32.5 Å². The summed E-state index contributed by atoms with van der Waals surface area (Å²) in [7, 11) is -1.71. The van der Waals surface area contributed by atoms with E-state index >= 15 is 0 Å². The first-order chi connectivity index (χ1) is 13.7. The Morgan fingerprint density at radius 1 is 1.03 bits per heavy atom. The zero-order chi connectivity index (χ0) is 20.8. The van der Waals surface area contributed by atoms with E-state index in [0.717, 1.165) is 17.2 Å². The molecule has 0 saturated heterocycles. The van der Waals surface area contributed by atoms with Crippen molar-refractivity contribution < 1.29 is 22.0 Å². The fourth-order valence-electron chi connectivity index (χ4n) is 3.41. The monoisotopic (exact) mass is 411 g/mol. The SMILES string of the molecule is CC(c1cc2ccccc2o1)N(C)C(=O)c1oc2ccccc2c1CS(C)(=O)=O. The van der Waals surface area contributed by atoms with Crippen molar-refractivity contribution in [3.05, 3.63) is 71.7 Å². The summed E-state index contributed by atoms with van der Waals surface area (Å²) in [6, 6.07) is 16.2. The van der Waals surface area contributed by atoms with Gasteiger partial charge >= 0.3 is 0 Å². The molecule has 6 nitrogen and oxygen atoms in total. The maximum Gasteiger partial charge on any atom is 0.290 e. The molecular formula is C22H21NO5S. The van der Waals surface area contributed by atoms with Gasteiger partial charge in [-0.25, -0.2) is 8.42 Å². The fourth-order valence-corrected chi connectivity index (χ4v) is 4.22. The van der Waals surface area contributed by atoms with Crippen LogP contribution in [0.3, 0.4) is 0 Å². The summed E-state index contributed by atoms with van der Waals surface area (Å²) < 4.78 is 35.6. The second-order valence-electron chi connectivity index (χ2n) is 7.25. The van der Waals surface area contributed by atoms with Crippen molar-refractivity contribution in [2.75, 3.05) is 13.3 Å². The molecule has 0 spiro atoms. The molecule has 0 fully saturated rings. The molecule has 1 amide bonds. The number of fused-ring (bicyclic) bond motifs is 2. The summed E-state index contributed by atoms with van der Waals surface area (Å²) in [5, 5.41) is 1.59. The standard InChI is InChI=1S/C22H21NO5S/c1-14(20-12-15-8-4-6-10-18(15)27-20)23(2)22(24)21-17(13-29(3,25)26)16-9-5-7-11-19(16)28-21/h4-12,14H,13H2,1-3H3. The van der Waals surface area contributed by atoms with Crippen LogP contribution in [0, 0.1) is 0 Å². The minimum absolute atomic E-state index is 0.0436. The molecule has 0 N–H and O–H groups in total. The molecule has 7 heteroatoms. The van der Waals surface area contributed by atoms with Crippen molar-refractivity contribution in [2.24, 2.45) is 0 Å². The fraction of sp³-hybridized carbons (Fsp3) is 0.227. The molecule has 2 aromatic carbocycles. The Bertz CT molecular complexity index is 1280. The van der Waals surface area contributed by atoms with Crippen molar-refractivity contribution >= 4 is 37.7 Å². The van der Waals surface area contributed by atoms with Gasteiger partial charge in [-0.1, -0.05) is 36.4 Å². The van der Waals surface area contributed by atoms with Gasteiger partial charge in [0.1, 0.15) is 16.9 Å². The number of carbonyl (C=O) groups is 1. The summed E-state index contributed by atoms with van der Waals surface area (Å²) in [4.78, 5) is 14.7. The summed E-state index contributed by atoms with van der Waals surface area (Å²) in [5.74, 6) is 0.0236. The Balaban J connectivity index is 1.73. The molecule has 1 unspecified atom stereocenters. The van der Waals surface area contributed by atoms with Crippen LogP contribution in [0.15, 0.2) is 63.4 Å². The number of hydrogen-bond acceptors (Lipinski definition) is 5. The van der Waals surface area contributed by atoms with Crippen molar-refractivity contribution in [1.82, 2.24) is 4.90 Å². The summed E-state index contributed by atoms with van der Waals surface area (Å²) in [6.07, 6.45) is 1.14. The number of furan rings is 2. The highest BCUT2D eigenvalue weighted by atomic mass is 32.2. The molecule has 0 aliphatic rings. The van der Waals surface area contributed by atoms with Crippen LogP contribution in [0.4, 0.5) is 0 Å². The minimum Gasteiger partial charge on any atom is -0.459 e. The third kappa shape index (κ3) is 3.65. The number of para-hydroxylation sites is 2. The first kappa shape index (κ1) is 19.3. The Morgan fingerprint density at radius 2 is 1.69 bits per heavy atom. The number of hydrogen-bond donors (Lipinski definition) is 0. The molecular weight excluding hydrogens is 390 g/mol. The van der Waals surface area contributed by atoms with Gasteiger partial charge in [0.05, 0.1) is 11.8 Å². The van der Waals surface area contributed by atoms with E-state index in [1.54, 1.807) is 31.3 Å². The Labute approximate surface area is 168 Å². The summed E-state index contributed by atoms with van der Waals surface area (Å²) >= 11 is 0. The lowest BCUT2D eigenvalue weighted by Gasteiger charge is -2.22. The highest BCUT2D eigenvalue weighted by Crippen LogP contribution is 2.32. The summed E-state index contributed by atoms with van der Waals surface area (Å²) in [6.45, 7) is 1.86. The van der Waals surface area contributed by atoms with Crippen LogP contribution < -0.4 is 0 Å². The van der Waals surface area contributed by atoms with E-state index < -0.39 is 15.7 Å². The van der Waals surface area contributed by atoms with E-state index in [9.17, 15) is 13.2 Å². The van der Waals surface area contributed by atoms with Crippen LogP contribution in [0.2, 0.25) is 0 Å². The van der Waals surface area contributed by atoms with Crippen LogP contribution in [-0.2, 0) is 15.6 Å². The molecule has 4 rings (SSSR count). The van der Waals surface area contributed by atoms with Gasteiger partial charge in [0.2, 0.25) is 0 Å². The lowest BCUT2D eigenvalue weighted by atomic mass is 10.1. The van der Waals surface area contributed by atoms with Crippen LogP contribution >= 0.6 is 0 Å². The number of rotatable bonds is 5. The largest absolute Gasteiger partial charge is 0.459 e. The maximum atomic E-state index is 13.2. The van der Waals surface area contributed by atoms with E-state index in [-0.39, 0.29) is 17.6 Å². The van der Waals surface area contributed by atoms with Crippen molar-refractivity contribution in [3.63, 3.8) is 0 Å². The van der Waals surface area contributed by atoms with E-state index in [0.29, 0.717) is 22.3 Å². The van der Waals surface area contributed by atoms with Crippen LogP contribution in [0.1, 0.15) is 34.8 Å². The second-order valence-corrected chi connectivity index (χ2v) is 9.39. The average Bonchev–Trinajstić information content (AvgIpc) is 3.27. The molecule has 0 saturated carbocycles. The number of sulfone groups is 1. The second kappa shape index (κ2) is 7.08. The Morgan fingerprint density at radius 3 is 2.38 bits per heavy atom. The Hall–Kier alpha value is -3.06. The molecule has 150 valence electrons. The smallest absolute Gasteiger partial charge is 0.290 e. The topological polar surface area (TPSA) is 80.7 Å². The predicted molar refractivity (Wildman–Crippen MR) is 111 cm³/mol. The zero-order valence-electron chi connectivity index (χ0n) is 16.4. The van der Waals surface area contributed by atoms with Gasteiger partial charge in [-0.05, 0) is 25.1 Å². The highest BCUT2D eigenvalue weighted by Gasteiger charge is 2.29. The average molecular weight is 411 g/mol. The molecule has 0 bridgehead atoms. The van der Waals surface area contributed by atoms with Crippen LogP contribution in [0.25, 0.3) is 21.9 Å². The number of nitrogens with zero attached hydrogens (tertiary/aromatic N) is 1. The van der Waals surface area contributed by atoms with Crippen molar-refractivity contribution in [3.8, 4) is 0 Å². The molecule has 0 radical (unpaired) electrons. The van der Waals surface area contributed by atoms with Gasteiger partial charge in [-0.3, -0.25) is 4.79 Å². The van der Waals surface area contributed by atoms with Gasteiger partial charge in [-0.2, -0.15) is 0 Å². The molecule has 2 heterocycles. The lowest BCUT2D eigenvalue weighted by Crippen LogP contribution is -2.30. The quantitative estimate of drug-likeness (QED) is 0.481. The predicted octanol–water partition coefficient (Wildman–Crippen LogP) is 4.56. The molecule has 2 aromatic heterocycles. The molecule has 4 aromatic rings. The number of carbonyl (C=O) groups excluding carboxylic acids is 1. The lowest BCUT2D eigenvalue weighted by molar-refractivity contribution is 0.0696. The molecule has 1 atom stereocenters. The van der Waals surface area contributed by atoms with Crippen LogP contribution in [0.5, 0.6) is 0 Å². The third-order valence-electron chi connectivity index (χ3n) is 5.06. The molecule has 0 aliphatic carbocycles. The maximum absolute atomic E-state index is 13.2. The first-order valence-electron chi connectivity index (χ1n) is 9.18. The van der Waals surface area contributed by atoms with E-state index in [2.05, 4.69) is 0 Å². The highest BCUT2D eigenvalue weighted by molar-refractivity contribution is 7.89. The van der Waals surface area contributed by atoms with E-state index in [1.807, 2.05) is 37.3 Å². The van der Waals surface area contributed by atoms with Gasteiger partial charge in [0, 0.05) is 29.6 Å². The number of benzene rings is 2. The normalized spacial score (nSPS) is 13.1. The first-order valence-corrected chi connectivity index (χ1v) is 11.2. The third-order valence-corrected chi connectivity index (χ3v) is 5.87. The summed E-state index contributed by atoms with van der Waals surface area (Å²) in [5.41, 5.74) is 1.62. The van der Waals surface area contributed by atoms with E-state index in [1.165, 1.54) is 4.90 Å². The molecule has 0 aliphatic heterocycles. The van der Waals surface area contributed by atoms with Gasteiger partial charge in [-0.15, -0.1) is 0 Å². The van der Waals surface area contributed by atoms with E-state index in [4.69, 9.17) is 8.83 Å². The van der Waals surface area contributed by atoms with Gasteiger partial charge in [0.25, 0.3) is 5.91 Å². The van der Waals surface area contributed by atoms with Gasteiger partial charge in [0.15, 0.2) is 15.6 Å². The van der Waals surface area contributed by atoms with Crippen molar-refractivity contribution in [1.29, 1.82) is 0 Å². The van der Waals surface area contributed by atoms with Gasteiger partial charge < -0.3 is 13.7 Å². The van der Waals surface area contributed by atoms with Crippen molar-refractivity contribution in [2.45, 2.75) is 18.7 Å².